The maximum absolute atomic E-state index is 11.7. The summed E-state index contributed by atoms with van der Waals surface area (Å²) in [5.41, 5.74) is 1.83. The van der Waals surface area contributed by atoms with Crippen molar-refractivity contribution >= 4 is 17.7 Å². The van der Waals surface area contributed by atoms with Gasteiger partial charge in [-0.15, -0.1) is 0 Å². The molecular weight excluding hydrogens is 220 g/mol. The lowest BCUT2D eigenvalue weighted by atomic mass is 10.1. The van der Waals surface area contributed by atoms with Gasteiger partial charge in [-0.05, 0) is 18.6 Å². The number of aryl methyl sites for hydroxylation is 1. The molecular formula is C12H14N2O3. The van der Waals surface area contributed by atoms with E-state index in [1.807, 2.05) is 31.2 Å². The van der Waals surface area contributed by atoms with E-state index < -0.39 is 5.97 Å². The van der Waals surface area contributed by atoms with Gasteiger partial charge >= 0.3 is 12.0 Å². The molecule has 0 spiro atoms. The number of nitrogens with one attached hydrogen (secondary N) is 1. The number of aliphatic carboxylic acids is 1. The minimum absolute atomic E-state index is 0.0475. The van der Waals surface area contributed by atoms with Crippen molar-refractivity contribution in [1.82, 2.24) is 5.32 Å². The molecule has 90 valence electrons. The molecule has 2 N–H and O–H groups in total. The molecule has 2 rings (SSSR count). The van der Waals surface area contributed by atoms with Crippen molar-refractivity contribution in [1.29, 1.82) is 0 Å². The zero-order chi connectivity index (χ0) is 12.4. The first-order chi connectivity index (χ1) is 8.08. The Morgan fingerprint density at radius 3 is 2.88 bits per heavy atom. The van der Waals surface area contributed by atoms with Crippen molar-refractivity contribution < 1.29 is 14.7 Å². The summed E-state index contributed by atoms with van der Waals surface area (Å²) in [6.45, 7) is 2.32. The Kier molecular flexibility index (Phi) is 2.99. The lowest BCUT2D eigenvalue weighted by Crippen LogP contribution is -2.29. The Hall–Kier alpha value is -2.04. The highest BCUT2D eigenvalue weighted by Crippen LogP contribution is 2.22. The fraction of sp³-hybridized carbons (Fsp3) is 0.333. The number of rotatable bonds is 3. The summed E-state index contributed by atoms with van der Waals surface area (Å²) in [6.07, 6.45) is -0.0475. The molecule has 0 aromatic heterocycles. The van der Waals surface area contributed by atoms with E-state index in [1.165, 1.54) is 0 Å². The van der Waals surface area contributed by atoms with Gasteiger partial charge in [0.1, 0.15) is 0 Å². The maximum Gasteiger partial charge on any atom is 0.322 e. The molecule has 5 heteroatoms. The van der Waals surface area contributed by atoms with E-state index >= 15 is 0 Å². The van der Waals surface area contributed by atoms with Crippen LogP contribution >= 0.6 is 0 Å². The first kappa shape index (κ1) is 11.4. The largest absolute Gasteiger partial charge is 0.481 e. The van der Waals surface area contributed by atoms with Gasteiger partial charge in [0.25, 0.3) is 0 Å². The fourth-order valence-corrected chi connectivity index (χ4v) is 2.00. The summed E-state index contributed by atoms with van der Waals surface area (Å²) in [5.74, 6) is -0.901. The zero-order valence-corrected chi connectivity index (χ0v) is 9.51. The number of hydrogen-bond acceptors (Lipinski definition) is 2. The summed E-state index contributed by atoms with van der Waals surface area (Å²) in [5, 5.41) is 11.4. The first-order valence-corrected chi connectivity index (χ1v) is 5.43. The average Bonchev–Trinajstić information content (AvgIpc) is 2.59. The summed E-state index contributed by atoms with van der Waals surface area (Å²) >= 11 is 0. The van der Waals surface area contributed by atoms with Crippen LogP contribution in [0.2, 0.25) is 0 Å². The van der Waals surface area contributed by atoms with Crippen LogP contribution in [0.5, 0.6) is 0 Å². The van der Waals surface area contributed by atoms with Crippen molar-refractivity contribution in [2.45, 2.75) is 19.4 Å². The number of para-hydroxylation sites is 1. The number of benzene rings is 1. The highest BCUT2D eigenvalue weighted by molar-refractivity contribution is 5.95. The molecule has 1 aliphatic heterocycles. The van der Waals surface area contributed by atoms with Crippen LogP contribution < -0.4 is 10.2 Å². The molecule has 1 atom stereocenters. The van der Waals surface area contributed by atoms with Crippen molar-refractivity contribution in [2.24, 2.45) is 0 Å². The van der Waals surface area contributed by atoms with Gasteiger partial charge in [0.05, 0.1) is 12.5 Å². The fourth-order valence-electron chi connectivity index (χ4n) is 2.00. The number of amides is 2. The van der Waals surface area contributed by atoms with Gasteiger partial charge in [0, 0.05) is 12.2 Å². The highest BCUT2D eigenvalue weighted by Gasteiger charge is 2.31. The third-order valence-electron chi connectivity index (χ3n) is 2.80. The van der Waals surface area contributed by atoms with E-state index in [9.17, 15) is 9.59 Å². The van der Waals surface area contributed by atoms with Gasteiger partial charge in [0.15, 0.2) is 0 Å². The van der Waals surface area contributed by atoms with E-state index in [-0.39, 0.29) is 18.5 Å². The van der Waals surface area contributed by atoms with Crippen LogP contribution in [0.15, 0.2) is 24.3 Å². The van der Waals surface area contributed by atoms with Crippen LogP contribution in [-0.4, -0.2) is 29.7 Å². The van der Waals surface area contributed by atoms with E-state index in [0.29, 0.717) is 6.54 Å². The molecule has 1 aliphatic rings. The van der Waals surface area contributed by atoms with Crippen LogP contribution in [0.25, 0.3) is 0 Å². The molecule has 1 unspecified atom stereocenters. The molecule has 1 aromatic carbocycles. The molecule has 1 fully saturated rings. The normalized spacial score (nSPS) is 19.2. The Balaban J connectivity index is 2.16. The molecule has 2 amide bonds. The number of carboxylic acids is 1. The molecule has 17 heavy (non-hydrogen) atoms. The van der Waals surface area contributed by atoms with Crippen molar-refractivity contribution in [3.8, 4) is 0 Å². The second kappa shape index (κ2) is 4.45. The van der Waals surface area contributed by atoms with Crippen LogP contribution in [0.1, 0.15) is 12.0 Å². The maximum atomic E-state index is 11.7. The molecule has 0 bridgehead atoms. The van der Waals surface area contributed by atoms with Gasteiger partial charge in [0.2, 0.25) is 0 Å². The van der Waals surface area contributed by atoms with E-state index in [0.717, 1.165) is 11.3 Å². The molecule has 5 nitrogen and oxygen atoms in total. The smallest absolute Gasteiger partial charge is 0.322 e. The average molecular weight is 234 g/mol. The Morgan fingerprint density at radius 2 is 2.24 bits per heavy atom. The molecule has 1 heterocycles. The van der Waals surface area contributed by atoms with Gasteiger partial charge < -0.3 is 10.4 Å². The van der Waals surface area contributed by atoms with E-state index in [2.05, 4.69) is 5.32 Å². The monoisotopic (exact) mass is 234 g/mol. The summed E-state index contributed by atoms with van der Waals surface area (Å²) < 4.78 is 0. The number of urea groups is 1. The van der Waals surface area contributed by atoms with Gasteiger partial charge in [-0.3, -0.25) is 9.69 Å². The first-order valence-electron chi connectivity index (χ1n) is 5.43. The van der Waals surface area contributed by atoms with Crippen molar-refractivity contribution in [3.63, 3.8) is 0 Å². The van der Waals surface area contributed by atoms with Gasteiger partial charge in [-0.2, -0.15) is 0 Å². The lowest BCUT2D eigenvalue weighted by Gasteiger charge is -2.16. The molecule has 0 radical (unpaired) electrons. The standard InChI is InChI=1S/C12H14N2O3/c1-8-4-2-3-5-10(8)14-7-9(6-11(15)16)13-12(14)17/h2-5,9H,6-7H2,1H3,(H,13,17)(H,15,16). The van der Waals surface area contributed by atoms with E-state index in [4.69, 9.17) is 5.11 Å². The number of nitrogens with zero attached hydrogens (tertiary/aromatic N) is 1. The Labute approximate surface area is 99.0 Å². The van der Waals surface area contributed by atoms with Crippen LogP contribution in [0.3, 0.4) is 0 Å². The van der Waals surface area contributed by atoms with Crippen LogP contribution in [0, 0.1) is 6.92 Å². The highest BCUT2D eigenvalue weighted by atomic mass is 16.4. The van der Waals surface area contributed by atoms with Gasteiger partial charge in [-0.1, -0.05) is 18.2 Å². The minimum Gasteiger partial charge on any atom is -0.481 e. The number of carbonyl (C=O) groups excluding carboxylic acids is 1. The summed E-state index contributed by atoms with van der Waals surface area (Å²) in [6, 6.07) is 7.00. The Morgan fingerprint density at radius 1 is 1.53 bits per heavy atom. The Bertz CT molecular complexity index is 459. The summed E-state index contributed by atoms with van der Waals surface area (Å²) in [4.78, 5) is 23.9. The summed E-state index contributed by atoms with van der Waals surface area (Å²) in [7, 11) is 0. The number of anilines is 1. The second-order valence-electron chi connectivity index (χ2n) is 4.14. The second-order valence-corrected chi connectivity index (χ2v) is 4.14. The number of carboxylic acid groups (broad SMARTS) is 1. The predicted octanol–water partition coefficient (Wildman–Crippen LogP) is 1.37. The minimum atomic E-state index is -0.901. The third kappa shape index (κ3) is 2.38. The molecule has 1 aromatic rings. The van der Waals surface area contributed by atoms with E-state index in [1.54, 1.807) is 4.90 Å². The van der Waals surface area contributed by atoms with Crippen LogP contribution in [-0.2, 0) is 4.79 Å². The molecule has 1 saturated heterocycles. The van der Waals surface area contributed by atoms with Gasteiger partial charge in [-0.25, -0.2) is 4.79 Å². The molecule has 0 saturated carbocycles. The quantitative estimate of drug-likeness (QED) is 0.829. The van der Waals surface area contributed by atoms with Crippen molar-refractivity contribution in [2.75, 3.05) is 11.4 Å². The van der Waals surface area contributed by atoms with Crippen molar-refractivity contribution in [3.05, 3.63) is 29.8 Å². The number of carbonyl (C=O) groups is 2. The number of hydrogen-bond donors (Lipinski definition) is 2. The SMILES string of the molecule is Cc1ccccc1N1CC(CC(=O)O)NC1=O. The lowest BCUT2D eigenvalue weighted by molar-refractivity contribution is -0.137. The topological polar surface area (TPSA) is 69.6 Å². The predicted molar refractivity (Wildman–Crippen MR) is 63.1 cm³/mol. The third-order valence-corrected chi connectivity index (χ3v) is 2.80. The molecule has 0 aliphatic carbocycles. The van der Waals surface area contributed by atoms with Crippen LogP contribution in [0.4, 0.5) is 10.5 Å². The zero-order valence-electron chi connectivity index (χ0n) is 9.51.